The van der Waals surface area contributed by atoms with Gasteiger partial charge < -0.3 is 14.8 Å². The minimum Gasteiger partial charge on any atom is -0.490 e. The number of rotatable bonds is 9. The molecule has 0 unspecified atom stereocenters. The van der Waals surface area contributed by atoms with Crippen LogP contribution in [0.15, 0.2) is 71.8 Å². The highest BCUT2D eigenvalue weighted by Gasteiger charge is 2.10. The summed E-state index contributed by atoms with van der Waals surface area (Å²) in [5.74, 6) is -0.382. The largest absolute Gasteiger partial charge is 0.490 e. The van der Waals surface area contributed by atoms with Crippen LogP contribution in [-0.2, 0) is 4.79 Å². The Morgan fingerprint density at radius 2 is 1.73 bits per heavy atom. The molecule has 0 spiro atoms. The molecular formula is C24H21ClFN3O4. The maximum absolute atomic E-state index is 13.0. The molecule has 0 aliphatic rings. The molecule has 0 saturated carbocycles. The molecule has 0 heterocycles. The lowest BCUT2D eigenvalue weighted by molar-refractivity contribution is -0.118. The van der Waals surface area contributed by atoms with Gasteiger partial charge in [-0.25, -0.2) is 9.82 Å². The van der Waals surface area contributed by atoms with Crippen LogP contribution in [0.1, 0.15) is 22.8 Å². The Kier molecular flexibility index (Phi) is 8.37. The van der Waals surface area contributed by atoms with E-state index in [0.717, 1.165) is 0 Å². The Labute approximate surface area is 195 Å². The lowest BCUT2D eigenvalue weighted by Crippen LogP contribution is -2.20. The molecule has 0 bridgehead atoms. The molecule has 2 N–H and O–H groups in total. The topological polar surface area (TPSA) is 89.0 Å². The number of hydrogen-bond acceptors (Lipinski definition) is 5. The summed E-state index contributed by atoms with van der Waals surface area (Å²) in [6.45, 7) is 1.94. The van der Waals surface area contributed by atoms with Gasteiger partial charge in [-0.1, -0.05) is 11.6 Å². The van der Waals surface area contributed by atoms with E-state index in [1.165, 1.54) is 30.5 Å². The number of hydrogen-bond donors (Lipinski definition) is 2. The lowest BCUT2D eigenvalue weighted by atomic mass is 10.2. The van der Waals surface area contributed by atoms with Gasteiger partial charge in [-0.3, -0.25) is 9.59 Å². The van der Waals surface area contributed by atoms with Crippen LogP contribution in [-0.4, -0.2) is 31.2 Å². The van der Waals surface area contributed by atoms with Gasteiger partial charge in [0, 0.05) is 16.3 Å². The van der Waals surface area contributed by atoms with E-state index < -0.39 is 11.7 Å². The van der Waals surface area contributed by atoms with Crippen LogP contribution in [0.5, 0.6) is 11.5 Å². The first-order valence-electron chi connectivity index (χ1n) is 9.98. The van der Waals surface area contributed by atoms with Crippen LogP contribution < -0.4 is 20.2 Å². The van der Waals surface area contributed by atoms with E-state index >= 15 is 0 Å². The molecule has 170 valence electrons. The quantitative estimate of drug-likeness (QED) is 0.352. The van der Waals surface area contributed by atoms with E-state index in [0.29, 0.717) is 39.9 Å². The second-order valence-corrected chi connectivity index (χ2v) is 7.13. The van der Waals surface area contributed by atoms with Crippen molar-refractivity contribution in [1.29, 1.82) is 0 Å². The van der Waals surface area contributed by atoms with E-state index in [-0.39, 0.29) is 12.5 Å². The van der Waals surface area contributed by atoms with Gasteiger partial charge in [0.15, 0.2) is 18.1 Å². The van der Waals surface area contributed by atoms with Gasteiger partial charge in [-0.15, -0.1) is 0 Å². The monoisotopic (exact) mass is 469 g/mol. The number of carbonyl (C=O) groups is 2. The van der Waals surface area contributed by atoms with Gasteiger partial charge in [-0.2, -0.15) is 5.10 Å². The summed E-state index contributed by atoms with van der Waals surface area (Å²) in [5, 5.41) is 7.11. The fourth-order valence-electron chi connectivity index (χ4n) is 2.70. The molecular weight excluding hydrogens is 449 g/mol. The SMILES string of the molecule is CCOc1cc(C=NNC(=O)c2ccc(Cl)cc2)ccc1OCC(=O)Nc1ccc(F)cc1. The highest BCUT2D eigenvalue weighted by atomic mass is 35.5. The molecule has 0 aromatic heterocycles. The van der Waals surface area contributed by atoms with Crippen molar-refractivity contribution in [3.8, 4) is 11.5 Å². The number of halogens is 2. The Morgan fingerprint density at radius 1 is 1.00 bits per heavy atom. The van der Waals surface area contributed by atoms with Crippen molar-refractivity contribution in [1.82, 2.24) is 5.43 Å². The fourth-order valence-corrected chi connectivity index (χ4v) is 2.82. The number of amides is 2. The average molecular weight is 470 g/mol. The standard InChI is InChI=1S/C24H21ClFN3O4/c1-2-32-22-13-16(14-27-29-24(31)17-4-6-18(25)7-5-17)3-12-21(22)33-15-23(30)28-20-10-8-19(26)9-11-20/h3-14H,2,15H2,1H3,(H,28,30)(H,29,31). The van der Waals surface area contributed by atoms with Gasteiger partial charge in [-0.05, 0) is 79.2 Å². The number of benzene rings is 3. The van der Waals surface area contributed by atoms with Gasteiger partial charge in [0.2, 0.25) is 0 Å². The highest BCUT2D eigenvalue weighted by molar-refractivity contribution is 6.30. The third-order valence-corrected chi connectivity index (χ3v) is 4.49. The van der Waals surface area contributed by atoms with Gasteiger partial charge >= 0.3 is 0 Å². The maximum Gasteiger partial charge on any atom is 0.271 e. The minimum absolute atomic E-state index is 0.262. The lowest BCUT2D eigenvalue weighted by Gasteiger charge is -2.12. The van der Waals surface area contributed by atoms with Crippen molar-refractivity contribution < 1.29 is 23.5 Å². The number of nitrogens with zero attached hydrogens (tertiary/aromatic N) is 1. The maximum atomic E-state index is 13.0. The predicted octanol–water partition coefficient (Wildman–Crippen LogP) is 4.66. The summed E-state index contributed by atoms with van der Waals surface area (Å²) in [4.78, 5) is 24.2. The van der Waals surface area contributed by atoms with E-state index in [4.69, 9.17) is 21.1 Å². The Balaban J connectivity index is 1.59. The summed E-state index contributed by atoms with van der Waals surface area (Å²) in [5.41, 5.74) is 3.98. The average Bonchev–Trinajstić information content (AvgIpc) is 2.80. The van der Waals surface area contributed by atoms with Crippen LogP contribution in [0.4, 0.5) is 10.1 Å². The van der Waals surface area contributed by atoms with E-state index in [9.17, 15) is 14.0 Å². The first-order valence-corrected chi connectivity index (χ1v) is 10.4. The highest BCUT2D eigenvalue weighted by Crippen LogP contribution is 2.28. The number of hydrazone groups is 1. The summed E-state index contributed by atoms with van der Waals surface area (Å²) in [7, 11) is 0. The van der Waals surface area contributed by atoms with Gasteiger partial charge in [0.1, 0.15) is 5.82 Å². The summed E-state index contributed by atoms with van der Waals surface area (Å²) in [6, 6.07) is 16.9. The summed E-state index contributed by atoms with van der Waals surface area (Å²) >= 11 is 5.82. The van der Waals surface area contributed by atoms with Crippen molar-refractivity contribution in [3.63, 3.8) is 0 Å². The Hall–Kier alpha value is -3.91. The summed E-state index contributed by atoms with van der Waals surface area (Å²) < 4.78 is 24.1. The molecule has 2 amide bonds. The molecule has 0 radical (unpaired) electrons. The molecule has 33 heavy (non-hydrogen) atoms. The van der Waals surface area contributed by atoms with Crippen molar-refractivity contribution in [2.45, 2.75) is 6.92 Å². The molecule has 3 aromatic carbocycles. The van der Waals surface area contributed by atoms with E-state index in [1.807, 2.05) is 6.92 Å². The zero-order valence-corrected chi connectivity index (χ0v) is 18.4. The van der Waals surface area contributed by atoms with Crippen molar-refractivity contribution in [2.75, 3.05) is 18.5 Å². The Bertz CT molecular complexity index is 1140. The van der Waals surface area contributed by atoms with Crippen LogP contribution in [0, 0.1) is 5.82 Å². The molecule has 0 fully saturated rings. The van der Waals surface area contributed by atoms with Crippen molar-refractivity contribution >= 4 is 35.3 Å². The number of anilines is 1. The summed E-state index contributed by atoms with van der Waals surface area (Å²) in [6.07, 6.45) is 1.46. The number of ether oxygens (including phenoxy) is 2. The second-order valence-electron chi connectivity index (χ2n) is 6.69. The Morgan fingerprint density at radius 3 is 2.42 bits per heavy atom. The number of nitrogens with one attached hydrogen (secondary N) is 2. The molecule has 0 saturated heterocycles. The molecule has 3 aromatic rings. The number of carbonyl (C=O) groups excluding carboxylic acids is 2. The zero-order valence-electron chi connectivity index (χ0n) is 17.7. The zero-order chi connectivity index (χ0) is 23.6. The van der Waals surface area contributed by atoms with Crippen LogP contribution in [0.2, 0.25) is 5.02 Å². The van der Waals surface area contributed by atoms with E-state index in [2.05, 4.69) is 15.8 Å². The van der Waals surface area contributed by atoms with E-state index in [1.54, 1.807) is 42.5 Å². The molecule has 0 atom stereocenters. The van der Waals surface area contributed by atoms with Crippen LogP contribution >= 0.6 is 11.6 Å². The first kappa shape index (κ1) is 23.7. The van der Waals surface area contributed by atoms with Crippen molar-refractivity contribution in [2.24, 2.45) is 5.10 Å². The van der Waals surface area contributed by atoms with Crippen LogP contribution in [0.3, 0.4) is 0 Å². The molecule has 3 rings (SSSR count). The fraction of sp³-hybridized carbons (Fsp3) is 0.125. The predicted molar refractivity (Wildman–Crippen MR) is 125 cm³/mol. The molecule has 7 nitrogen and oxygen atoms in total. The third kappa shape index (κ3) is 7.33. The molecule has 0 aliphatic heterocycles. The van der Waals surface area contributed by atoms with Crippen molar-refractivity contribution in [3.05, 3.63) is 88.7 Å². The first-order chi connectivity index (χ1) is 15.9. The minimum atomic E-state index is -0.403. The van der Waals surface area contributed by atoms with Gasteiger partial charge in [0.05, 0.1) is 12.8 Å². The second kappa shape index (κ2) is 11.6. The molecule has 0 aliphatic carbocycles. The van der Waals surface area contributed by atoms with Crippen LogP contribution in [0.25, 0.3) is 0 Å². The third-order valence-electron chi connectivity index (χ3n) is 4.24. The smallest absolute Gasteiger partial charge is 0.271 e. The normalized spacial score (nSPS) is 10.6. The molecule has 9 heteroatoms. The van der Waals surface area contributed by atoms with Gasteiger partial charge in [0.25, 0.3) is 11.8 Å².